The molecule has 0 bridgehead atoms. The number of rotatable bonds is 4. The van der Waals surface area contributed by atoms with Crippen molar-refractivity contribution in [1.29, 1.82) is 0 Å². The smallest absolute Gasteiger partial charge is 0.216 e. The minimum absolute atomic E-state index is 0.0116. The van der Waals surface area contributed by atoms with Gasteiger partial charge in [-0.1, -0.05) is 11.6 Å². The number of hydrogen-bond acceptors (Lipinski definition) is 3. The Balaban J connectivity index is 1.89. The highest BCUT2D eigenvalue weighted by Gasteiger charge is 2.29. The molecule has 1 unspecified atom stereocenters. The van der Waals surface area contributed by atoms with Gasteiger partial charge in [-0.05, 0) is 43.6 Å². The van der Waals surface area contributed by atoms with Crippen molar-refractivity contribution in [3.63, 3.8) is 0 Å². The maximum Gasteiger partial charge on any atom is 0.216 e. The zero-order valence-electron chi connectivity index (χ0n) is 13.0. The minimum atomic E-state index is -0.0651. The summed E-state index contributed by atoms with van der Waals surface area (Å²) >= 11 is 0. The Morgan fingerprint density at radius 1 is 1.50 bits per heavy atom. The van der Waals surface area contributed by atoms with E-state index in [1.165, 1.54) is 5.57 Å². The van der Waals surface area contributed by atoms with E-state index in [0.717, 1.165) is 41.9 Å². The van der Waals surface area contributed by atoms with Gasteiger partial charge in [0.1, 0.15) is 17.6 Å². The predicted octanol–water partition coefficient (Wildman–Crippen LogP) is 2.91. The number of amides is 1. The van der Waals surface area contributed by atoms with Gasteiger partial charge in [-0.15, -0.1) is 0 Å². The lowest BCUT2D eigenvalue weighted by Crippen LogP contribution is -2.25. The van der Waals surface area contributed by atoms with Gasteiger partial charge in [0.05, 0.1) is 7.11 Å². The molecule has 0 saturated carbocycles. The van der Waals surface area contributed by atoms with Crippen LogP contribution in [0.3, 0.4) is 0 Å². The van der Waals surface area contributed by atoms with Crippen LogP contribution < -0.4 is 5.32 Å². The highest BCUT2D eigenvalue weighted by Crippen LogP contribution is 2.38. The number of fused-ring (bicyclic) bond motifs is 2. The molecule has 0 radical (unpaired) electrons. The van der Waals surface area contributed by atoms with E-state index in [4.69, 9.17) is 9.47 Å². The topological polar surface area (TPSA) is 47.6 Å². The van der Waals surface area contributed by atoms with Gasteiger partial charge in [0.25, 0.3) is 0 Å². The molecule has 1 atom stereocenters. The van der Waals surface area contributed by atoms with Crippen molar-refractivity contribution in [2.75, 3.05) is 13.7 Å². The van der Waals surface area contributed by atoms with Crippen molar-refractivity contribution >= 4 is 5.91 Å². The number of hydrogen-bond donors (Lipinski definition) is 1. The largest absolute Gasteiger partial charge is 0.496 e. The Morgan fingerprint density at radius 3 is 3.14 bits per heavy atom. The normalized spacial score (nSPS) is 22.6. The maximum absolute atomic E-state index is 11.0. The average molecular weight is 299 g/mol. The van der Waals surface area contributed by atoms with Gasteiger partial charge in [-0.3, -0.25) is 4.79 Å². The molecule has 3 aliphatic rings. The molecule has 0 spiro atoms. The Kier molecular flexibility index (Phi) is 4.18. The van der Waals surface area contributed by atoms with E-state index in [0.29, 0.717) is 6.54 Å². The number of ether oxygens (including phenoxy) is 2. The van der Waals surface area contributed by atoms with Gasteiger partial charge in [0.2, 0.25) is 5.91 Å². The molecule has 22 heavy (non-hydrogen) atoms. The van der Waals surface area contributed by atoms with Gasteiger partial charge in [0.15, 0.2) is 0 Å². The van der Waals surface area contributed by atoms with Crippen molar-refractivity contribution in [2.24, 2.45) is 0 Å². The lowest BCUT2D eigenvalue weighted by Gasteiger charge is -2.32. The van der Waals surface area contributed by atoms with Gasteiger partial charge in [-0.25, -0.2) is 0 Å². The fourth-order valence-corrected chi connectivity index (χ4v) is 3.05. The van der Waals surface area contributed by atoms with Crippen molar-refractivity contribution in [1.82, 2.24) is 5.32 Å². The molecule has 116 valence electrons. The molecule has 2 aliphatic carbocycles. The van der Waals surface area contributed by atoms with Crippen LogP contribution in [-0.4, -0.2) is 25.7 Å². The molecule has 1 aliphatic heterocycles. The van der Waals surface area contributed by atoms with Crippen LogP contribution in [0, 0.1) is 0 Å². The predicted molar refractivity (Wildman–Crippen MR) is 84.8 cm³/mol. The molecule has 4 nitrogen and oxygen atoms in total. The number of carbonyl (C=O) groups excluding carboxylic acids is 1. The first-order chi connectivity index (χ1) is 10.7. The van der Waals surface area contributed by atoms with Crippen LogP contribution in [0.5, 0.6) is 0 Å². The van der Waals surface area contributed by atoms with E-state index in [2.05, 4.69) is 17.5 Å². The summed E-state index contributed by atoms with van der Waals surface area (Å²) < 4.78 is 11.6. The SMILES string of the molecule is COC1=CC=CC2OC3=CCCC(CCNC(C)=O)=C3C=C12. The van der Waals surface area contributed by atoms with Gasteiger partial charge in [0, 0.05) is 24.6 Å². The van der Waals surface area contributed by atoms with Crippen LogP contribution >= 0.6 is 0 Å². The average Bonchev–Trinajstić information content (AvgIpc) is 2.52. The third kappa shape index (κ3) is 2.86. The lowest BCUT2D eigenvalue weighted by atomic mass is 9.88. The molecule has 0 fully saturated rings. The Labute approximate surface area is 130 Å². The van der Waals surface area contributed by atoms with E-state index in [9.17, 15) is 4.79 Å². The van der Waals surface area contributed by atoms with Crippen LogP contribution in [0.15, 0.2) is 58.6 Å². The molecule has 4 heteroatoms. The Morgan fingerprint density at radius 2 is 2.36 bits per heavy atom. The van der Waals surface area contributed by atoms with Gasteiger partial charge in [-0.2, -0.15) is 0 Å². The highest BCUT2D eigenvalue weighted by atomic mass is 16.5. The fraction of sp³-hybridized carbons (Fsp3) is 0.389. The fourth-order valence-electron chi connectivity index (χ4n) is 3.05. The molecule has 1 heterocycles. The summed E-state index contributed by atoms with van der Waals surface area (Å²) in [7, 11) is 1.68. The third-order valence-electron chi connectivity index (χ3n) is 4.12. The monoisotopic (exact) mass is 299 g/mol. The summed E-state index contributed by atoms with van der Waals surface area (Å²) in [6.07, 6.45) is 13.1. The summed E-state index contributed by atoms with van der Waals surface area (Å²) in [4.78, 5) is 11.0. The molecule has 1 N–H and O–H groups in total. The summed E-state index contributed by atoms with van der Waals surface area (Å²) in [6, 6.07) is 0. The van der Waals surface area contributed by atoms with Crippen molar-refractivity contribution < 1.29 is 14.3 Å². The minimum Gasteiger partial charge on any atom is -0.496 e. The number of nitrogens with one attached hydrogen (secondary N) is 1. The highest BCUT2D eigenvalue weighted by molar-refractivity contribution is 5.72. The second kappa shape index (κ2) is 6.26. The molecule has 0 aromatic rings. The maximum atomic E-state index is 11.0. The Hall–Kier alpha value is -2.23. The van der Waals surface area contributed by atoms with Gasteiger partial charge >= 0.3 is 0 Å². The molecule has 0 aromatic carbocycles. The first kappa shape index (κ1) is 14.7. The van der Waals surface area contributed by atoms with Crippen molar-refractivity contribution in [2.45, 2.75) is 32.3 Å². The van der Waals surface area contributed by atoms with Crippen LogP contribution in [0.25, 0.3) is 0 Å². The van der Waals surface area contributed by atoms with E-state index in [1.807, 2.05) is 18.2 Å². The molecule has 0 aromatic heterocycles. The number of methoxy groups -OCH3 is 1. The Bertz CT molecular complexity index is 635. The first-order valence-corrected chi connectivity index (χ1v) is 7.67. The van der Waals surface area contributed by atoms with E-state index >= 15 is 0 Å². The van der Waals surface area contributed by atoms with Crippen molar-refractivity contribution in [3.05, 3.63) is 58.6 Å². The summed E-state index contributed by atoms with van der Waals surface area (Å²) in [5.74, 6) is 1.82. The third-order valence-corrected chi connectivity index (χ3v) is 4.12. The van der Waals surface area contributed by atoms with Crippen LogP contribution in [0.1, 0.15) is 26.2 Å². The second-order valence-electron chi connectivity index (χ2n) is 5.62. The molecule has 3 rings (SSSR count). The van der Waals surface area contributed by atoms with E-state index in [1.54, 1.807) is 14.0 Å². The quantitative estimate of drug-likeness (QED) is 0.868. The lowest BCUT2D eigenvalue weighted by molar-refractivity contribution is -0.118. The molecular formula is C18H21NO3. The van der Waals surface area contributed by atoms with Crippen molar-refractivity contribution in [3.8, 4) is 0 Å². The second-order valence-corrected chi connectivity index (χ2v) is 5.62. The number of allylic oxidation sites excluding steroid dienone is 4. The molecule has 0 saturated heterocycles. The zero-order valence-corrected chi connectivity index (χ0v) is 13.0. The first-order valence-electron chi connectivity index (χ1n) is 7.67. The summed E-state index contributed by atoms with van der Waals surface area (Å²) in [5.41, 5.74) is 3.55. The standard InChI is InChI=1S/C18H21NO3/c1-12(20)19-10-9-13-5-3-7-17-14(13)11-15-16(21-2)6-4-8-18(15)22-17/h4,6-8,11,18H,3,5,9-10H2,1-2H3,(H,19,20). The molecule has 1 amide bonds. The number of carbonyl (C=O) groups is 1. The van der Waals surface area contributed by atoms with Crippen LogP contribution in [-0.2, 0) is 14.3 Å². The van der Waals surface area contributed by atoms with E-state index < -0.39 is 0 Å². The van der Waals surface area contributed by atoms with Crippen LogP contribution in [0.4, 0.5) is 0 Å². The summed E-state index contributed by atoms with van der Waals surface area (Å²) in [6.45, 7) is 2.21. The van der Waals surface area contributed by atoms with E-state index in [-0.39, 0.29) is 12.0 Å². The van der Waals surface area contributed by atoms with Crippen LogP contribution in [0.2, 0.25) is 0 Å². The summed E-state index contributed by atoms with van der Waals surface area (Å²) in [5, 5.41) is 2.86. The zero-order chi connectivity index (χ0) is 15.5. The van der Waals surface area contributed by atoms with Gasteiger partial charge < -0.3 is 14.8 Å². The molecular weight excluding hydrogens is 278 g/mol.